The molecule has 0 amide bonds. The molecule has 0 aromatic carbocycles. The van der Waals surface area contributed by atoms with Gasteiger partial charge in [-0.2, -0.15) is 0 Å². The van der Waals surface area contributed by atoms with E-state index in [9.17, 15) is 19.5 Å². The molecule has 8 nitrogen and oxygen atoms in total. The van der Waals surface area contributed by atoms with E-state index in [1.807, 2.05) is 6.92 Å². The molecular weight excluding hydrogens is 428 g/mol. The van der Waals surface area contributed by atoms with Crippen molar-refractivity contribution >= 4 is 17.9 Å². The molecule has 8 atom stereocenters. The highest BCUT2D eigenvalue weighted by Crippen LogP contribution is 2.66. The molecule has 3 aliphatic rings. The molecule has 0 bridgehead atoms. The minimum Gasteiger partial charge on any atom is -0.469 e. The fourth-order valence-electron chi connectivity index (χ4n) is 7.58. The number of aliphatic hydroxyl groups is 1. The minimum absolute atomic E-state index is 0.184. The van der Waals surface area contributed by atoms with Gasteiger partial charge in [0.25, 0.3) is 0 Å². The van der Waals surface area contributed by atoms with Gasteiger partial charge in [-0.1, -0.05) is 13.3 Å². The fourth-order valence-corrected chi connectivity index (χ4v) is 7.58. The van der Waals surface area contributed by atoms with Gasteiger partial charge in [-0.05, 0) is 44.1 Å². The molecule has 182 valence electrons. The van der Waals surface area contributed by atoms with E-state index in [2.05, 4.69) is 6.92 Å². The molecule has 0 radical (unpaired) electrons. The molecule has 3 aliphatic carbocycles. The summed E-state index contributed by atoms with van der Waals surface area (Å²) in [7, 11) is 1.36. The largest absolute Gasteiger partial charge is 0.469 e. The summed E-state index contributed by atoms with van der Waals surface area (Å²) in [6.07, 6.45) is 2.33. The molecular formula is C25H34O8. The van der Waals surface area contributed by atoms with Crippen LogP contribution in [0.1, 0.15) is 65.2 Å². The van der Waals surface area contributed by atoms with Crippen LogP contribution in [0.5, 0.6) is 0 Å². The summed E-state index contributed by atoms with van der Waals surface area (Å²) in [5.41, 5.74) is -2.22. The number of ether oxygens (including phenoxy) is 3. The number of fused-ring (bicyclic) bond motifs is 4. The van der Waals surface area contributed by atoms with Crippen molar-refractivity contribution < 1.29 is 38.1 Å². The summed E-state index contributed by atoms with van der Waals surface area (Å²) in [5.74, 6) is -1.98. The van der Waals surface area contributed by atoms with Gasteiger partial charge in [0.2, 0.25) is 0 Å². The van der Waals surface area contributed by atoms with Gasteiger partial charge in [0.1, 0.15) is 18.0 Å². The van der Waals surface area contributed by atoms with Crippen LogP contribution in [-0.4, -0.2) is 42.3 Å². The van der Waals surface area contributed by atoms with E-state index in [1.165, 1.54) is 21.0 Å². The molecule has 0 unspecified atom stereocenters. The number of hydrogen-bond acceptors (Lipinski definition) is 8. The quantitative estimate of drug-likeness (QED) is 0.539. The number of esters is 3. The fraction of sp³-hybridized carbons (Fsp3) is 0.720. The highest BCUT2D eigenvalue weighted by Gasteiger charge is 2.70. The zero-order valence-corrected chi connectivity index (χ0v) is 20.2. The maximum absolute atomic E-state index is 13.2. The Hall–Kier alpha value is -2.35. The minimum atomic E-state index is -1.39. The predicted molar refractivity (Wildman–Crippen MR) is 116 cm³/mol. The Labute approximate surface area is 193 Å². The Balaban J connectivity index is 1.97. The molecule has 33 heavy (non-hydrogen) atoms. The standard InChI is InChI=1S/C25H34O8/c1-13(26)32-19-18-16(12-17-15(8-11-31-17)25(18,5)29)23(3)9-7-10-24(4,22(28)30-6)21(23)20(19)33-14(2)27/h8,11,16,18-21,29H,7,9-10,12H2,1-6H3/t16-,18-,19+,20-,21+,23+,24+,25-/m0/s1. The predicted octanol–water partition coefficient (Wildman–Crippen LogP) is 3.14. The molecule has 2 fully saturated rings. The lowest BCUT2D eigenvalue weighted by Gasteiger charge is -2.65. The lowest BCUT2D eigenvalue weighted by atomic mass is 9.41. The second kappa shape index (κ2) is 7.86. The zero-order chi connectivity index (χ0) is 24.3. The van der Waals surface area contributed by atoms with Crippen LogP contribution < -0.4 is 0 Å². The summed E-state index contributed by atoms with van der Waals surface area (Å²) in [6.45, 7) is 8.25. The van der Waals surface area contributed by atoms with E-state index >= 15 is 0 Å². The second-order valence-corrected chi connectivity index (χ2v) is 10.6. The van der Waals surface area contributed by atoms with Crippen molar-refractivity contribution in [3.63, 3.8) is 0 Å². The highest BCUT2D eigenvalue weighted by molar-refractivity contribution is 5.77. The van der Waals surface area contributed by atoms with Crippen LogP contribution in [-0.2, 0) is 40.6 Å². The second-order valence-electron chi connectivity index (χ2n) is 10.6. The summed E-state index contributed by atoms with van der Waals surface area (Å²) < 4.78 is 22.7. The molecule has 1 N–H and O–H groups in total. The van der Waals surface area contributed by atoms with Crippen molar-refractivity contribution in [3.8, 4) is 0 Å². The molecule has 4 rings (SSSR count). The maximum Gasteiger partial charge on any atom is 0.311 e. The van der Waals surface area contributed by atoms with Gasteiger partial charge < -0.3 is 23.7 Å². The summed E-state index contributed by atoms with van der Waals surface area (Å²) in [4.78, 5) is 37.7. The summed E-state index contributed by atoms with van der Waals surface area (Å²) in [6, 6.07) is 1.74. The first-order valence-electron chi connectivity index (χ1n) is 11.6. The van der Waals surface area contributed by atoms with Crippen LogP contribution in [0.25, 0.3) is 0 Å². The number of furan rings is 1. The van der Waals surface area contributed by atoms with Gasteiger partial charge in [0, 0.05) is 37.7 Å². The third kappa shape index (κ3) is 3.40. The maximum atomic E-state index is 13.2. The van der Waals surface area contributed by atoms with Crippen LogP contribution in [0.3, 0.4) is 0 Å². The van der Waals surface area contributed by atoms with Crippen LogP contribution in [0, 0.1) is 28.6 Å². The Morgan fingerprint density at radius 1 is 1.06 bits per heavy atom. The Morgan fingerprint density at radius 2 is 1.70 bits per heavy atom. The van der Waals surface area contributed by atoms with Gasteiger partial charge in [-0.3, -0.25) is 14.4 Å². The van der Waals surface area contributed by atoms with Gasteiger partial charge in [0.15, 0.2) is 0 Å². The summed E-state index contributed by atoms with van der Waals surface area (Å²) in [5, 5.41) is 11.9. The first-order valence-corrected chi connectivity index (χ1v) is 11.6. The molecule has 0 spiro atoms. The highest BCUT2D eigenvalue weighted by atomic mass is 16.6. The first-order chi connectivity index (χ1) is 15.4. The van der Waals surface area contributed by atoms with E-state index in [4.69, 9.17) is 18.6 Å². The number of carbonyl (C=O) groups excluding carboxylic acids is 3. The van der Waals surface area contributed by atoms with Gasteiger partial charge in [-0.15, -0.1) is 0 Å². The molecule has 2 saturated carbocycles. The molecule has 1 aromatic rings. The third-order valence-corrected chi connectivity index (χ3v) is 8.70. The SMILES string of the molecule is COC(=O)[C@]1(C)CCC[C@@]2(C)[C@H]1[C@@H](OC(C)=O)[C@H](OC(C)=O)[C@@H]1[C@@H]2Cc2occc2[C@]1(C)O. The molecule has 8 heteroatoms. The topological polar surface area (TPSA) is 112 Å². The molecule has 0 aliphatic heterocycles. The number of hydrogen-bond donors (Lipinski definition) is 1. The van der Waals surface area contributed by atoms with Crippen molar-refractivity contribution in [2.75, 3.05) is 7.11 Å². The lowest BCUT2D eigenvalue weighted by molar-refractivity contribution is -0.264. The average Bonchev–Trinajstić information content (AvgIpc) is 3.19. The molecule has 0 saturated heterocycles. The molecule has 1 heterocycles. The van der Waals surface area contributed by atoms with Gasteiger partial charge in [-0.25, -0.2) is 0 Å². The van der Waals surface area contributed by atoms with E-state index < -0.39 is 52.4 Å². The average molecular weight is 463 g/mol. The lowest BCUT2D eigenvalue weighted by Crippen LogP contribution is -2.70. The van der Waals surface area contributed by atoms with Crippen LogP contribution in [0.4, 0.5) is 0 Å². The van der Waals surface area contributed by atoms with Crippen molar-refractivity contribution in [2.45, 2.75) is 78.1 Å². The Kier molecular flexibility index (Phi) is 5.67. The third-order valence-electron chi connectivity index (χ3n) is 8.70. The monoisotopic (exact) mass is 462 g/mol. The zero-order valence-electron chi connectivity index (χ0n) is 20.2. The van der Waals surface area contributed by atoms with Crippen LogP contribution in [0.2, 0.25) is 0 Å². The van der Waals surface area contributed by atoms with Crippen molar-refractivity contribution in [1.82, 2.24) is 0 Å². The van der Waals surface area contributed by atoms with Crippen molar-refractivity contribution in [2.24, 2.45) is 28.6 Å². The van der Waals surface area contributed by atoms with Crippen molar-refractivity contribution in [3.05, 3.63) is 23.7 Å². The Bertz CT molecular complexity index is 963. The van der Waals surface area contributed by atoms with E-state index in [1.54, 1.807) is 19.3 Å². The first kappa shape index (κ1) is 23.8. The van der Waals surface area contributed by atoms with E-state index in [0.717, 1.165) is 12.8 Å². The molecule has 1 aromatic heterocycles. The van der Waals surface area contributed by atoms with Crippen LogP contribution in [0.15, 0.2) is 16.7 Å². The number of rotatable bonds is 3. The van der Waals surface area contributed by atoms with E-state index in [0.29, 0.717) is 24.2 Å². The van der Waals surface area contributed by atoms with Crippen LogP contribution >= 0.6 is 0 Å². The normalized spacial score (nSPS) is 41.7. The smallest absolute Gasteiger partial charge is 0.311 e. The van der Waals surface area contributed by atoms with Gasteiger partial charge >= 0.3 is 17.9 Å². The van der Waals surface area contributed by atoms with Gasteiger partial charge in [0.05, 0.1) is 24.4 Å². The van der Waals surface area contributed by atoms with Crippen molar-refractivity contribution in [1.29, 1.82) is 0 Å². The summed E-state index contributed by atoms with van der Waals surface area (Å²) >= 11 is 0. The Morgan fingerprint density at radius 3 is 2.30 bits per heavy atom. The number of methoxy groups -OCH3 is 1. The van der Waals surface area contributed by atoms with E-state index in [-0.39, 0.29) is 11.9 Å². The number of carbonyl (C=O) groups is 3.